The van der Waals surface area contributed by atoms with E-state index in [4.69, 9.17) is 16.3 Å². The Labute approximate surface area is 147 Å². The van der Waals surface area contributed by atoms with Crippen molar-refractivity contribution >= 4 is 23.6 Å². The molecule has 1 fully saturated rings. The highest BCUT2D eigenvalue weighted by atomic mass is 35.5. The van der Waals surface area contributed by atoms with Gasteiger partial charge in [-0.1, -0.05) is 29.8 Å². The molecule has 0 spiro atoms. The van der Waals surface area contributed by atoms with Gasteiger partial charge >= 0.3 is 6.09 Å². The first-order chi connectivity index (χ1) is 11.5. The summed E-state index contributed by atoms with van der Waals surface area (Å²) in [7, 11) is 0. The standard InChI is InChI=1S/C17H24ClN3O3/c1-3-24-17(23)21-10-8-20(9-11-21)12-16(22)19-13(2)14-6-4-5-7-15(14)18/h4-7,13H,3,8-12H2,1-2H3,(H,19,22)/p+1/t13-/m1/s1. The lowest BCUT2D eigenvalue weighted by Gasteiger charge is -2.31. The number of nitrogens with one attached hydrogen (secondary N) is 2. The van der Waals surface area contributed by atoms with Gasteiger partial charge in [-0.2, -0.15) is 0 Å². The number of rotatable bonds is 5. The van der Waals surface area contributed by atoms with Crippen molar-refractivity contribution in [2.45, 2.75) is 19.9 Å². The lowest BCUT2D eigenvalue weighted by Crippen LogP contribution is -3.15. The van der Waals surface area contributed by atoms with Gasteiger partial charge in [-0.25, -0.2) is 4.79 Å². The van der Waals surface area contributed by atoms with Gasteiger partial charge in [-0.3, -0.25) is 9.69 Å². The lowest BCUT2D eigenvalue weighted by atomic mass is 10.1. The minimum Gasteiger partial charge on any atom is -0.450 e. The number of carbonyl (C=O) groups excluding carboxylic acids is 2. The van der Waals surface area contributed by atoms with E-state index < -0.39 is 0 Å². The maximum atomic E-state index is 12.2. The summed E-state index contributed by atoms with van der Waals surface area (Å²) in [5.74, 6) is -0.0120. The monoisotopic (exact) mass is 354 g/mol. The second-order valence-corrected chi connectivity index (χ2v) is 6.33. The van der Waals surface area contributed by atoms with Crippen LogP contribution in [0.2, 0.25) is 5.02 Å². The molecule has 1 aliphatic rings. The maximum absolute atomic E-state index is 12.2. The van der Waals surface area contributed by atoms with E-state index in [1.54, 1.807) is 11.8 Å². The van der Waals surface area contributed by atoms with Crippen molar-refractivity contribution in [2.24, 2.45) is 0 Å². The molecule has 0 saturated carbocycles. The lowest BCUT2D eigenvalue weighted by molar-refractivity contribution is -0.896. The van der Waals surface area contributed by atoms with Crippen LogP contribution in [0.15, 0.2) is 24.3 Å². The van der Waals surface area contributed by atoms with Crippen LogP contribution in [0.3, 0.4) is 0 Å². The molecule has 1 aromatic rings. The van der Waals surface area contributed by atoms with Crippen molar-refractivity contribution in [1.82, 2.24) is 10.2 Å². The van der Waals surface area contributed by atoms with E-state index in [0.29, 0.717) is 31.3 Å². The summed E-state index contributed by atoms with van der Waals surface area (Å²) in [4.78, 5) is 26.8. The highest BCUT2D eigenvalue weighted by Gasteiger charge is 2.26. The zero-order valence-electron chi connectivity index (χ0n) is 14.2. The van der Waals surface area contributed by atoms with Crippen LogP contribution < -0.4 is 10.2 Å². The van der Waals surface area contributed by atoms with E-state index in [1.807, 2.05) is 31.2 Å². The number of carbonyl (C=O) groups is 2. The molecule has 2 amide bonds. The minimum absolute atomic E-state index is 0.0120. The summed E-state index contributed by atoms with van der Waals surface area (Å²) in [6.45, 7) is 7.21. The van der Waals surface area contributed by atoms with Gasteiger partial charge in [0, 0.05) is 5.02 Å². The van der Waals surface area contributed by atoms with Crippen molar-refractivity contribution < 1.29 is 19.2 Å². The molecule has 0 aromatic heterocycles. The summed E-state index contributed by atoms with van der Waals surface area (Å²) in [6.07, 6.45) is -0.270. The number of halogens is 1. The van der Waals surface area contributed by atoms with E-state index in [0.717, 1.165) is 18.7 Å². The molecular weight excluding hydrogens is 330 g/mol. The molecule has 0 bridgehead atoms. The van der Waals surface area contributed by atoms with Gasteiger partial charge in [0.25, 0.3) is 5.91 Å². The number of benzene rings is 1. The van der Waals surface area contributed by atoms with Crippen LogP contribution in [0.4, 0.5) is 4.79 Å². The normalized spacial score (nSPS) is 16.5. The molecule has 7 heteroatoms. The smallest absolute Gasteiger partial charge is 0.410 e. The molecule has 1 heterocycles. The second kappa shape index (κ2) is 8.89. The number of nitrogens with zero attached hydrogens (tertiary/aromatic N) is 1. The van der Waals surface area contributed by atoms with E-state index in [-0.39, 0.29) is 18.0 Å². The van der Waals surface area contributed by atoms with Gasteiger partial charge in [-0.05, 0) is 25.5 Å². The summed E-state index contributed by atoms with van der Waals surface area (Å²) in [5.41, 5.74) is 0.912. The SMILES string of the molecule is CCOC(=O)N1CC[NH+](CC(=O)N[C@H](C)c2ccccc2Cl)CC1. The third-order valence-electron chi connectivity index (χ3n) is 4.16. The Morgan fingerprint density at radius 1 is 1.33 bits per heavy atom. The average molecular weight is 355 g/mol. The third-order valence-corrected chi connectivity index (χ3v) is 4.50. The van der Waals surface area contributed by atoms with Gasteiger partial charge in [0.1, 0.15) is 0 Å². The Balaban J connectivity index is 1.77. The first kappa shape index (κ1) is 18.5. The number of ether oxygens (including phenoxy) is 1. The van der Waals surface area contributed by atoms with E-state index >= 15 is 0 Å². The van der Waals surface area contributed by atoms with Gasteiger partial charge in [0.15, 0.2) is 6.54 Å². The highest BCUT2D eigenvalue weighted by Crippen LogP contribution is 2.21. The molecule has 24 heavy (non-hydrogen) atoms. The van der Waals surface area contributed by atoms with Crippen molar-refractivity contribution in [2.75, 3.05) is 39.3 Å². The molecule has 0 radical (unpaired) electrons. The van der Waals surface area contributed by atoms with Crippen molar-refractivity contribution in [3.8, 4) is 0 Å². The zero-order valence-corrected chi connectivity index (χ0v) is 14.9. The van der Waals surface area contributed by atoms with Gasteiger partial charge in [0.05, 0.1) is 38.8 Å². The first-order valence-corrected chi connectivity index (χ1v) is 8.68. The maximum Gasteiger partial charge on any atom is 0.410 e. The zero-order chi connectivity index (χ0) is 17.5. The number of piperazine rings is 1. The fraction of sp³-hybridized carbons (Fsp3) is 0.529. The van der Waals surface area contributed by atoms with Gasteiger partial charge in [-0.15, -0.1) is 0 Å². The van der Waals surface area contributed by atoms with Crippen LogP contribution in [0, 0.1) is 0 Å². The van der Waals surface area contributed by atoms with Crippen LogP contribution in [-0.4, -0.2) is 56.2 Å². The molecule has 0 unspecified atom stereocenters. The van der Waals surface area contributed by atoms with E-state index in [9.17, 15) is 9.59 Å². The summed E-state index contributed by atoms with van der Waals surface area (Å²) in [6, 6.07) is 7.38. The van der Waals surface area contributed by atoms with Crippen molar-refractivity contribution in [3.05, 3.63) is 34.9 Å². The quantitative estimate of drug-likeness (QED) is 0.825. The molecule has 0 aliphatic carbocycles. The Morgan fingerprint density at radius 3 is 2.62 bits per heavy atom. The summed E-state index contributed by atoms with van der Waals surface area (Å²) in [5, 5.41) is 3.64. The topological polar surface area (TPSA) is 63.1 Å². The number of hydrogen-bond acceptors (Lipinski definition) is 3. The van der Waals surface area contributed by atoms with Crippen molar-refractivity contribution in [1.29, 1.82) is 0 Å². The number of quaternary nitrogens is 1. The number of hydrogen-bond donors (Lipinski definition) is 2. The molecule has 132 valence electrons. The van der Waals surface area contributed by atoms with Crippen LogP contribution in [0.25, 0.3) is 0 Å². The Bertz CT molecular complexity index is 574. The van der Waals surface area contributed by atoms with E-state index in [1.165, 1.54) is 4.90 Å². The molecule has 1 atom stereocenters. The summed E-state index contributed by atoms with van der Waals surface area (Å²) >= 11 is 6.16. The molecule has 1 saturated heterocycles. The molecule has 1 aromatic carbocycles. The predicted octanol–water partition coefficient (Wildman–Crippen LogP) is 0.874. The molecule has 2 rings (SSSR count). The Hall–Kier alpha value is -1.79. The molecule has 1 aliphatic heterocycles. The molecular formula is C17H25ClN3O3+. The fourth-order valence-electron chi connectivity index (χ4n) is 2.82. The Morgan fingerprint density at radius 2 is 2.00 bits per heavy atom. The van der Waals surface area contributed by atoms with Crippen LogP contribution in [0.5, 0.6) is 0 Å². The molecule has 2 N–H and O–H groups in total. The Kier molecular flexibility index (Phi) is 6.87. The minimum atomic E-state index is -0.270. The van der Waals surface area contributed by atoms with Crippen molar-refractivity contribution in [3.63, 3.8) is 0 Å². The highest BCUT2D eigenvalue weighted by molar-refractivity contribution is 6.31. The average Bonchev–Trinajstić information content (AvgIpc) is 2.56. The largest absolute Gasteiger partial charge is 0.450 e. The van der Waals surface area contributed by atoms with Crippen LogP contribution >= 0.6 is 11.6 Å². The van der Waals surface area contributed by atoms with Crippen LogP contribution in [0.1, 0.15) is 25.5 Å². The third kappa shape index (κ3) is 5.11. The van der Waals surface area contributed by atoms with Crippen LogP contribution in [-0.2, 0) is 9.53 Å². The molecule has 6 nitrogen and oxygen atoms in total. The van der Waals surface area contributed by atoms with E-state index in [2.05, 4.69) is 5.32 Å². The predicted molar refractivity (Wildman–Crippen MR) is 92.2 cm³/mol. The van der Waals surface area contributed by atoms with Gasteiger partial charge in [0.2, 0.25) is 0 Å². The number of amides is 2. The second-order valence-electron chi connectivity index (χ2n) is 5.92. The van der Waals surface area contributed by atoms with Gasteiger partial charge < -0.3 is 15.0 Å². The first-order valence-electron chi connectivity index (χ1n) is 8.30. The summed E-state index contributed by atoms with van der Waals surface area (Å²) < 4.78 is 5.00. The fourth-order valence-corrected chi connectivity index (χ4v) is 3.12.